The van der Waals surface area contributed by atoms with Gasteiger partial charge in [-0.2, -0.15) is 0 Å². The van der Waals surface area contributed by atoms with Crippen molar-refractivity contribution in [2.45, 2.75) is 18.9 Å². The molecule has 1 rings (SSSR count). The van der Waals surface area contributed by atoms with Gasteiger partial charge in [-0.3, -0.25) is 4.79 Å². The predicted molar refractivity (Wildman–Crippen MR) is 86.2 cm³/mol. The summed E-state index contributed by atoms with van der Waals surface area (Å²) >= 11 is 11.8. The van der Waals surface area contributed by atoms with Crippen molar-refractivity contribution in [1.29, 1.82) is 0 Å². The summed E-state index contributed by atoms with van der Waals surface area (Å²) in [5, 5.41) is 23.7. The molecule has 4 N–H and O–H groups in total. The van der Waals surface area contributed by atoms with E-state index in [1.807, 2.05) is 0 Å². The van der Waals surface area contributed by atoms with Gasteiger partial charge >= 0.3 is 12.0 Å². The van der Waals surface area contributed by atoms with Gasteiger partial charge in [-0.1, -0.05) is 29.3 Å². The number of halogens is 2. The number of aliphatic hydroxyl groups excluding tert-OH is 1. The molecule has 0 radical (unpaired) electrons. The number of benzene rings is 1. The minimum Gasteiger partial charge on any atom is -0.489 e. The molecule has 0 heterocycles. The van der Waals surface area contributed by atoms with E-state index in [-0.39, 0.29) is 31.1 Å². The number of ether oxygens (including phenoxy) is 1. The monoisotopic (exact) mass is 364 g/mol. The van der Waals surface area contributed by atoms with Crippen LogP contribution in [0.5, 0.6) is 5.75 Å². The Morgan fingerprint density at radius 2 is 2.00 bits per heavy atom. The first-order valence-corrected chi connectivity index (χ1v) is 7.64. The number of carboxylic acids is 1. The van der Waals surface area contributed by atoms with E-state index < -0.39 is 18.1 Å². The molecule has 1 unspecified atom stereocenters. The molecular formula is C14H18Cl2N2O5. The van der Waals surface area contributed by atoms with E-state index in [9.17, 15) is 14.7 Å². The van der Waals surface area contributed by atoms with Crippen molar-refractivity contribution < 1.29 is 24.5 Å². The van der Waals surface area contributed by atoms with E-state index in [4.69, 9.17) is 33.0 Å². The van der Waals surface area contributed by atoms with Crippen molar-refractivity contribution in [3.8, 4) is 5.75 Å². The normalized spacial score (nSPS) is 11.6. The first-order chi connectivity index (χ1) is 10.9. The minimum absolute atomic E-state index is 0.0167. The summed E-state index contributed by atoms with van der Waals surface area (Å²) in [4.78, 5) is 21.7. The van der Waals surface area contributed by atoms with Crippen LogP contribution in [0.2, 0.25) is 10.0 Å². The summed E-state index contributed by atoms with van der Waals surface area (Å²) in [6.45, 7) is 0.144. The van der Waals surface area contributed by atoms with Crippen molar-refractivity contribution >= 4 is 35.2 Å². The van der Waals surface area contributed by atoms with E-state index in [2.05, 4.69) is 10.6 Å². The van der Waals surface area contributed by atoms with Gasteiger partial charge in [0.2, 0.25) is 0 Å². The van der Waals surface area contributed by atoms with Crippen LogP contribution in [-0.2, 0) is 4.79 Å². The highest BCUT2D eigenvalue weighted by Gasteiger charge is 2.10. The Labute approximate surface area is 143 Å². The van der Waals surface area contributed by atoms with E-state index in [0.717, 1.165) is 0 Å². The number of urea groups is 1. The highest BCUT2D eigenvalue weighted by Crippen LogP contribution is 2.31. The van der Waals surface area contributed by atoms with Crippen molar-refractivity contribution in [2.24, 2.45) is 0 Å². The molecule has 1 atom stereocenters. The van der Waals surface area contributed by atoms with Gasteiger partial charge in [0, 0.05) is 19.5 Å². The largest absolute Gasteiger partial charge is 0.489 e. The minimum atomic E-state index is -0.935. The van der Waals surface area contributed by atoms with Crippen molar-refractivity contribution in [1.82, 2.24) is 10.6 Å². The summed E-state index contributed by atoms with van der Waals surface area (Å²) in [5.74, 6) is -0.573. The average Bonchev–Trinajstić information content (AvgIpc) is 2.50. The molecule has 23 heavy (non-hydrogen) atoms. The van der Waals surface area contributed by atoms with Crippen LogP contribution < -0.4 is 15.4 Å². The van der Waals surface area contributed by atoms with E-state index in [0.29, 0.717) is 17.2 Å². The Balaban J connectivity index is 2.21. The van der Waals surface area contributed by atoms with Crippen LogP contribution in [0.1, 0.15) is 12.8 Å². The Bertz CT molecular complexity index is 542. The SMILES string of the molecule is O=C(O)CCCNC(=O)NCC(O)COc1cccc(Cl)c1Cl. The number of rotatable bonds is 9. The third-order valence-corrected chi connectivity index (χ3v) is 3.50. The molecule has 2 amide bonds. The van der Waals surface area contributed by atoms with Gasteiger partial charge in [-0.25, -0.2) is 4.79 Å². The zero-order chi connectivity index (χ0) is 17.2. The zero-order valence-electron chi connectivity index (χ0n) is 12.2. The van der Waals surface area contributed by atoms with Crippen LogP contribution in [0.25, 0.3) is 0 Å². The Morgan fingerprint density at radius 3 is 2.70 bits per heavy atom. The maximum atomic E-state index is 11.4. The fourth-order valence-electron chi connectivity index (χ4n) is 1.55. The van der Waals surface area contributed by atoms with Gasteiger partial charge in [0.1, 0.15) is 23.5 Å². The molecule has 0 saturated carbocycles. The quantitative estimate of drug-likeness (QED) is 0.500. The molecule has 0 fully saturated rings. The van der Waals surface area contributed by atoms with Crippen molar-refractivity contribution in [2.75, 3.05) is 19.7 Å². The third kappa shape index (κ3) is 7.92. The smallest absolute Gasteiger partial charge is 0.314 e. The number of nitrogens with one attached hydrogen (secondary N) is 2. The highest BCUT2D eigenvalue weighted by molar-refractivity contribution is 6.42. The maximum absolute atomic E-state index is 11.4. The number of aliphatic hydroxyl groups is 1. The Morgan fingerprint density at radius 1 is 1.26 bits per heavy atom. The number of hydrogen-bond donors (Lipinski definition) is 4. The number of hydrogen-bond acceptors (Lipinski definition) is 4. The maximum Gasteiger partial charge on any atom is 0.314 e. The van der Waals surface area contributed by atoms with Crippen LogP contribution in [-0.4, -0.2) is 48.0 Å². The first kappa shape index (κ1) is 19.3. The van der Waals surface area contributed by atoms with Gasteiger partial charge in [0.15, 0.2) is 0 Å². The lowest BCUT2D eigenvalue weighted by atomic mass is 10.3. The summed E-state index contributed by atoms with van der Waals surface area (Å²) < 4.78 is 5.33. The molecule has 0 spiro atoms. The Hall–Kier alpha value is -1.70. The lowest BCUT2D eigenvalue weighted by Gasteiger charge is -2.14. The van der Waals surface area contributed by atoms with Crippen molar-refractivity contribution in [3.05, 3.63) is 28.2 Å². The van der Waals surface area contributed by atoms with E-state index in [1.165, 1.54) is 0 Å². The van der Waals surface area contributed by atoms with Crippen LogP contribution in [0.15, 0.2) is 18.2 Å². The molecule has 1 aromatic carbocycles. The molecule has 0 aliphatic carbocycles. The molecular weight excluding hydrogens is 347 g/mol. The number of carbonyl (C=O) groups is 2. The molecule has 7 nitrogen and oxygen atoms in total. The average molecular weight is 365 g/mol. The van der Waals surface area contributed by atoms with Gasteiger partial charge < -0.3 is 25.6 Å². The molecule has 128 valence electrons. The first-order valence-electron chi connectivity index (χ1n) is 6.88. The summed E-state index contributed by atoms with van der Waals surface area (Å²) in [7, 11) is 0. The Kier molecular flexibility index (Phi) is 8.53. The van der Waals surface area contributed by atoms with Crippen LogP contribution >= 0.6 is 23.2 Å². The van der Waals surface area contributed by atoms with E-state index in [1.54, 1.807) is 18.2 Å². The van der Waals surface area contributed by atoms with Crippen LogP contribution in [0, 0.1) is 0 Å². The second-order valence-electron chi connectivity index (χ2n) is 4.65. The third-order valence-electron chi connectivity index (χ3n) is 2.70. The molecule has 0 aliphatic rings. The standard InChI is InChI=1S/C14H18Cl2N2O5/c15-10-3-1-4-11(13(10)16)23-8-9(19)7-18-14(22)17-6-2-5-12(20)21/h1,3-4,9,19H,2,5-8H2,(H,20,21)(H2,17,18,22). The number of amides is 2. The molecule has 1 aromatic rings. The lowest BCUT2D eigenvalue weighted by molar-refractivity contribution is -0.137. The fraction of sp³-hybridized carbons (Fsp3) is 0.429. The molecule has 9 heteroatoms. The fourth-order valence-corrected chi connectivity index (χ4v) is 1.90. The topological polar surface area (TPSA) is 108 Å². The van der Waals surface area contributed by atoms with Gasteiger partial charge in [0.25, 0.3) is 0 Å². The molecule has 0 aromatic heterocycles. The number of carbonyl (C=O) groups excluding carboxylic acids is 1. The molecule has 0 aliphatic heterocycles. The second kappa shape index (κ2) is 10.1. The predicted octanol–water partition coefficient (Wildman–Crippen LogP) is 1.90. The van der Waals surface area contributed by atoms with Gasteiger partial charge in [-0.15, -0.1) is 0 Å². The van der Waals surface area contributed by atoms with Gasteiger partial charge in [-0.05, 0) is 18.6 Å². The molecule has 0 bridgehead atoms. The van der Waals surface area contributed by atoms with Crippen LogP contribution in [0.3, 0.4) is 0 Å². The summed E-state index contributed by atoms with van der Waals surface area (Å²) in [5.41, 5.74) is 0. The number of aliphatic carboxylic acids is 1. The lowest BCUT2D eigenvalue weighted by Crippen LogP contribution is -2.41. The van der Waals surface area contributed by atoms with Gasteiger partial charge in [0.05, 0.1) is 5.02 Å². The zero-order valence-corrected chi connectivity index (χ0v) is 13.7. The molecule has 0 saturated heterocycles. The second-order valence-corrected chi connectivity index (χ2v) is 5.44. The number of carboxylic acid groups (broad SMARTS) is 1. The summed E-state index contributed by atoms with van der Waals surface area (Å²) in [6.07, 6.45) is -0.617. The van der Waals surface area contributed by atoms with Crippen molar-refractivity contribution in [3.63, 3.8) is 0 Å². The van der Waals surface area contributed by atoms with E-state index >= 15 is 0 Å². The van der Waals surface area contributed by atoms with Crippen LogP contribution in [0.4, 0.5) is 4.79 Å². The highest BCUT2D eigenvalue weighted by atomic mass is 35.5. The summed E-state index contributed by atoms with van der Waals surface area (Å²) in [6, 6.07) is 4.40.